The fraction of sp³-hybridized carbons (Fsp3) is 0.381. The van der Waals surface area contributed by atoms with E-state index in [1.165, 1.54) is 21.3 Å². The summed E-state index contributed by atoms with van der Waals surface area (Å²) in [6, 6.07) is 6.87. The van der Waals surface area contributed by atoms with Gasteiger partial charge in [-0.2, -0.15) is 0 Å². The largest absolute Gasteiger partial charge is 0.504 e. The summed E-state index contributed by atoms with van der Waals surface area (Å²) >= 11 is 0. The Kier molecular flexibility index (Phi) is 4.45. The van der Waals surface area contributed by atoms with E-state index in [1.54, 1.807) is 24.3 Å². The van der Waals surface area contributed by atoms with Crippen molar-refractivity contribution in [1.82, 2.24) is 0 Å². The van der Waals surface area contributed by atoms with Crippen LogP contribution in [0.25, 0.3) is 0 Å². The number of esters is 1. The van der Waals surface area contributed by atoms with Gasteiger partial charge < -0.3 is 29.2 Å². The molecule has 28 heavy (non-hydrogen) atoms. The number of phenols is 2. The van der Waals surface area contributed by atoms with Gasteiger partial charge in [-0.05, 0) is 47.4 Å². The van der Waals surface area contributed by atoms with Crippen LogP contribution in [0.15, 0.2) is 24.3 Å². The third kappa shape index (κ3) is 2.69. The summed E-state index contributed by atoms with van der Waals surface area (Å²) in [7, 11) is 4.40. The first kappa shape index (κ1) is 18.3. The van der Waals surface area contributed by atoms with Crippen LogP contribution in [0.1, 0.15) is 22.6 Å². The van der Waals surface area contributed by atoms with Gasteiger partial charge in [0.1, 0.15) is 0 Å². The summed E-state index contributed by atoms with van der Waals surface area (Å²) < 4.78 is 21.2. The Morgan fingerprint density at radius 3 is 2.21 bits per heavy atom. The van der Waals surface area contributed by atoms with E-state index in [0.717, 1.165) is 16.7 Å². The van der Waals surface area contributed by atoms with Gasteiger partial charge >= 0.3 is 5.97 Å². The minimum atomic E-state index is -0.374. The van der Waals surface area contributed by atoms with Crippen LogP contribution in [0.4, 0.5) is 0 Å². The molecule has 4 rings (SSSR count). The number of fused-ring (bicyclic) bond motifs is 2. The van der Waals surface area contributed by atoms with Crippen LogP contribution in [-0.4, -0.2) is 44.1 Å². The van der Waals surface area contributed by atoms with E-state index in [4.69, 9.17) is 18.9 Å². The van der Waals surface area contributed by atoms with Crippen LogP contribution in [0.5, 0.6) is 28.7 Å². The minimum absolute atomic E-state index is 0.00332. The number of phenolic OH excluding ortho intramolecular Hbond substituents is 2. The SMILES string of the molecule is COc1cc2c(cc1O)C[C@H]1COC(=O)[C@@H]1[C@H]2c1cc(OC)c(O)c(OC)c1. The van der Waals surface area contributed by atoms with Gasteiger partial charge in [0.2, 0.25) is 5.75 Å². The molecule has 0 bridgehead atoms. The molecule has 1 saturated heterocycles. The van der Waals surface area contributed by atoms with Crippen molar-refractivity contribution >= 4 is 5.97 Å². The lowest BCUT2D eigenvalue weighted by Gasteiger charge is -2.34. The molecule has 2 aromatic rings. The standard InChI is InChI=1S/C21H22O7/c1-25-15-8-13-10(5-14(15)22)4-12-9-28-21(24)19(12)18(13)11-6-16(26-2)20(23)17(7-11)27-3/h5-8,12,18-19,22-23H,4,9H2,1-3H3/t12-,18-,19-/m0/s1. The molecule has 148 valence electrons. The molecule has 0 unspecified atom stereocenters. The van der Waals surface area contributed by atoms with Crippen LogP contribution in [-0.2, 0) is 16.0 Å². The third-order valence-electron chi connectivity index (χ3n) is 5.70. The van der Waals surface area contributed by atoms with Gasteiger partial charge in [0.15, 0.2) is 23.0 Å². The van der Waals surface area contributed by atoms with Gasteiger partial charge in [0.25, 0.3) is 0 Å². The molecule has 0 spiro atoms. The molecule has 1 heterocycles. The number of methoxy groups -OCH3 is 3. The van der Waals surface area contributed by atoms with E-state index in [0.29, 0.717) is 18.8 Å². The molecule has 7 nitrogen and oxygen atoms in total. The smallest absolute Gasteiger partial charge is 0.310 e. The van der Waals surface area contributed by atoms with Gasteiger partial charge in [-0.3, -0.25) is 4.79 Å². The van der Waals surface area contributed by atoms with E-state index >= 15 is 0 Å². The molecule has 2 aliphatic rings. The summed E-state index contributed by atoms with van der Waals surface area (Å²) in [5, 5.41) is 20.5. The van der Waals surface area contributed by atoms with E-state index < -0.39 is 0 Å². The second-order valence-corrected chi connectivity index (χ2v) is 7.09. The molecular weight excluding hydrogens is 364 g/mol. The second kappa shape index (κ2) is 6.82. The zero-order valence-corrected chi connectivity index (χ0v) is 15.9. The number of aromatic hydroxyl groups is 2. The van der Waals surface area contributed by atoms with Crippen LogP contribution < -0.4 is 14.2 Å². The molecule has 2 N–H and O–H groups in total. The number of ether oxygens (including phenoxy) is 4. The van der Waals surface area contributed by atoms with Crippen molar-refractivity contribution in [3.05, 3.63) is 41.0 Å². The van der Waals surface area contributed by atoms with Crippen molar-refractivity contribution in [2.24, 2.45) is 11.8 Å². The summed E-state index contributed by atoms with van der Waals surface area (Å²) in [5.41, 5.74) is 2.58. The van der Waals surface area contributed by atoms with Gasteiger partial charge in [-0.15, -0.1) is 0 Å². The minimum Gasteiger partial charge on any atom is -0.504 e. The van der Waals surface area contributed by atoms with E-state index in [1.807, 2.05) is 0 Å². The third-order valence-corrected chi connectivity index (χ3v) is 5.70. The maximum Gasteiger partial charge on any atom is 0.310 e. The Morgan fingerprint density at radius 1 is 0.964 bits per heavy atom. The molecule has 1 fully saturated rings. The number of cyclic esters (lactones) is 1. The Bertz CT molecular complexity index is 912. The highest BCUT2D eigenvalue weighted by molar-refractivity contribution is 5.78. The van der Waals surface area contributed by atoms with Crippen molar-refractivity contribution in [2.45, 2.75) is 12.3 Å². The van der Waals surface area contributed by atoms with Crippen molar-refractivity contribution in [1.29, 1.82) is 0 Å². The zero-order chi connectivity index (χ0) is 20.0. The molecule has 7 heteroatoms. The van der Waals surface area contributed by atoms with Crippen molar-refractivity contribution in [3.63, 3.8) is 0 Å². The molecule has 2 aromatic carbocycles. The average Bonchev–Trinajstić information content (AvgIpc) is 3.06. The van der Waals surface area contributed by atoms with Gasteiger partial charge in [-0.1, -0.05) is 0 Å². The molecule has 1 aliphatic heterocycles. The molecule has 0 radical (unpaired) electrons. The number of benzene rings is 2. The maximum atomic E-state index is 12.6. The number of carbonyl (C=O) groups is 1. The Hall–Kier alpha value is -3.09. The maximum absolute atomic E-state index is 12.6. The highest BCUT2D eigenvalue weighted by Gasteiger charge is 2.48. The summed E-state index contributed by atoms with van der Waals surface area (Å²) in [4.78, 5) is 12.6. The number of carbonyl (C=O) groups excluding carboxylic acids is 1. The van der Waals surface area contributed by atoms with Crippen molar-refractivity contribution < 1.29 is 34.0 Å². The lowest BCUT2D eigenvalue weighted by atomic mass is 9.67. The quantitative estimate of drug-likeness (QED) is 0.780. The summed E-state index contributed by atoms with van der Waals surface area (Å²) in [6.07, 6.45) is 0.631. The van der Waals surface area contributed by atoms with Gasteiger partial charge in [0, 0.05) is 11.8 Å². The first-order valence-corrected chi connectivity index (χ1v) is 8.99. The molecule has 0 amide bonds. The summed E-state index contributed by atoms with van der Waals surface area (Å²) in [5.74, 6) is -0.149. The van der Waals surface area contributed by atoms with Crippen LogP contribution in [0.2, 0.25) is 0 Å². The fourth-order valence-electron chi connectivity index (χ4n) is 4.39. The predicted molar refractivity (Wildman–Crippen MR) is 99.4 cm³/mol. The van der Waals surface area contributed by atoms with E-state index in [2.05, 4.69) is 0 Å². The molecule has 0 saturated carbocycles. The normalized spacial score (nSPS) is 22.8. The zero-order valence-electron chi connectivity index (χ0n) is 15.9. The topological polar surface area (TPSA) is 94.5 Å². The molecule has 1 aliphatic carbocycles. The van der Waals surface area contributed by atoms with Crippen molar-refractivity contribution in [2.75, 3.05) is 27.9 Å². The van der Waals surface area contributed by atoms with Gasteiger partial charge in [-0.25, -0.2) is 0 Å². The first-order valence-electron chi connectivity index (χ1n) is 8.99. The lowest BCUT2D eigenvalue weighted by Crippen LogP contribution is -2.31. The monoisotopic (exact) mass is 386 g/mol. The van der Waals surface area contributed by atoms with E-state index in [9.17, 15) is 15.0 Å². The first-order chi connectivity index (χ1) is 13.5. The Labute approximate surface area is 162 Å². The van der Waals surface area contributed by atoms with E-state index in [-0.39, 0.29) is 46.7 Å². The highest BCUT2D eigenvalue weighted by Crippen LogP contribution is 2.51. The highest BCUT2D eigenvalue weighted by atomic mass is 16.5. The van der Waals surface area contributed by atoms with Crippen LogP contribution in [0, 0.1) is 11.8 Å². The number of hydrogen-bond donors (Lipinski definition) is 2. The summed E-state index contributed by atoms with van der Waals surface area (Å²) in [6.45, 7) is 0.346. The van der Waals surface area contributed by atoms with Crippen LogP contribution in [0.3, 0.4) is 0 Å². The Morgan fingerprint density at radius 2 is 1.61 bits per heavy atom. The molecule has 3 atom stereocenters. The van der Waals surface area contributed by atoms with Crippen LogP contribution >= 0.6 is 0 Å². The fourth-order valence-corrected chi connectivity index (χ4v) is 4.39. The number of rotatable bonds is 4. The van der Waals surface area contributed by atoms with Gasteiger partial charge in [0.05, 0.1) is 33.9 Å². The average molecular weight is 386 g/mol. The second-order valence-electron chi connectivity index (χ2n) is 7.09. The lowest BCUT2D eigenvalue weighted by molar-refractivity contribution is -0.141. The number of hydrogen-bond acceptors (Lipinski definition) is 7. The Balaban J connectivity index is 1.95. The molecule has 0 aromatic heterocycles. The van der Waals surface area contributed by atoms with Crippen molar-refractivity contribution in [3.8, 4) is 28.7 Å². The predicted octanol–water partition coefficient (Wildman–Crippen LogP) is 2.60. The molecular formula is C21H22O7.